The van der Waals surface area contributed by atoms with Crippen LogP contribution in [0.5, 0.6) is 0 Å². The first-order valence-electron chi connectivity index (χ1n) is 5.07. The van der Waals surface area contributed by atoms with E-state index < -0.39 is 10.7 Å². The van der Waals surface area contributed by atoms with Crippen molar-refractivity contribution in [1.29, 1.82) is 0 Å². The van der Waals surface area contributed by atoms with Crippen LogP contribution in [-0.4, -0.2) is 27.3 Å². The molecule has 1 aromatic carbocycles. The minimum atomic E-state index is -0.748. The highest BCUT2D eigenvalue weighted by Gasteiger charge is 2.26. The average molecular weight is 256 g/mol. The topological polar surface area (TPSA) is 37.3 Å². The molecule has 0 aliphatic carbocycles. The van der Waals surface area contributed by atoms with Gasteiger partial charge in [0, 0.05) is 16.4 Å². The molecule has 16 heavy (non-hydrogen) atoms. The molecule has 0 aliphatic heterocycles. The third-order valence-electron chi connectivity index (χ3n) is 2.07. The number of rotatable bonds is 6. The Morgan fingerprint density at radius 2 is 1.88 bits per heavy atom. The molecule has 0 heterocycles. The number of carboxylic acids is 1. The minimum absolute atomic E-state index is 0.683. The van der Waals surface area contributed by atoms with Crippen molar-refractivity contribution in [2.45, 2.75) is 23.5 Å². The second-order valence-electron chi connectivity index (χ2n) is 3.83. The summed E-state index contributed by atoms with van der Waals surface area (Å²) < 4.78 is -0.683. The molecule has 88 valence electrons. The summed E-state index contributed by atoms with van der Waals surface area (Å²) in [5.74, 6) is 1.03. The van der Waals surface area contributed by atoms with Gasteiger partial charge in [-0.05, 0) is 26.0 Å². The molecule has 0 fully saturated rings. The van der Waals surface area contributed by atoms with Crippen molar-refractivity contribution < 1.29 is 9.90 Å². The molecule has 0 saturated carbocycles. The van der Waals surface area contributed by atoms with Crippen LogP contribution in [0.4, 0.5) is 0 Å². The van der Waals surface area contributed by atoms with Gasteiger partial charge in [-0.3, -0.25) is 4.79 Å². The first-order valence-corrected chi connectivity index (χ1v) is 7.05. The maximum Gasteiger partial charge on any atom is 0.319 e. The molecule has 0 radical (unpaired) electrons. The Hall–Kier alpha value is -0.610. The van der Waals surface area contributed by atoms with Crippen molar-refractivity contribution in [3.8, 4) is 0 Å². The van der Waals surface area contributed by atoms with Gasteiger partial charge in [0.05, 0.1) is 0 Å². The lowest BCUT2D eigenvalue weighted by Gasteiger charge is -2.17. The van der Waals surface area contributed by atoms with E-state index in [-0.39, 0.29) is 0 Å². The summed E-state index contributed by atoms with van der Waals surface area (Å²) >= 11 is 3.24. The zero-order valence-electron chi connectivity index (χ0n) is 9.47. The molecule has 0 atom stereocenters. The maximum absolute atomic E-state index is 10.9. The number of thioether (sulfide) groups is 2. The fraction of sp³-hybridized carbons (Fsp3) is 0.417. The summed E-state index contributed by atoms with van der Waals surface area (Å²) in [6.07, 6.45) is 0. The monoisotopic (exact) mass is 256 g/mol. The number of carboxylic acid groups (broad SMARTS) is 1. The lowest BCUT2D eigenvalue weighted by molar-refractivity contribution is -0.138. The van der Waals surface area contributed by atoms with E-state index in [9.17, 15) is 4.79 Å². The SMILES string of the molecule is CC(C)(SCCSc1ccccc1)C(=O)O. The fourth-order valence-electron chi connectivity index (χ4n) is 1.03. The lowest BCUT2D eigenvalue weighted by atomic mass is 10.2. The molecule has 2 nitrogen and oxygen atoms in total. The molecule has 0 spiro atoms. The average Bonchev–Trinajstić information content (AvgIpc) is 2.26. The molecular weight excluding hydrogens is 240 g/mol. The van der Waals surface area contributed by atoms with E-state index in [1.54, 1.807) is 25.6 Å². The van der Waals surface area contributed by atoms with E-state index in [0.717, 1.165) is 11.5 Å². The van der Waals surface area contributed by atoms with Gasteiger partial charge < -0.3 is 5.11 Å². The van der Waals surface area contributed by atoms with Gasteiger partial charge >= 0.3 is 5.97 Å². The molecule has 1 rings (SSSR count). The van der Waals surface area contributed by atoms with Crippen LogP contribution in [0.3, 0.4) is 0 Å². The standard InChI is InChI=1S/C12H16O2S2/c1-12(2,11(13)14)16-9-8-15-10-6-4-3-5-7-10/h3-7H,8-9H2,1-2H3,(H,13,14). The molecule has 1 aromatic rings. The van der Waals surface area contributed by atoms with Crippen LogP contribution >= 0.6 is 23.5 Å². The van der Waals surface area contributed by atoms with E-state index in [2.05, 4.69) is 12.1 Å². The number of aliphatic carboxylic acids is 1. The third kappa shape index (κ3) is 4.49. The Bertz CT molecular complexity index is 336. The lowest BCUT2D eigenvalue weighted by Crippen LogP contribution is -2.27. The maximum atomic E-state index is 10.9. The van der Waals surface area contributed by atoms with Crippen molar-refractivity contribution in [2.24, 2.45) is 0 Å². The zero-order valence-corrected chi connectivity index (χ0v) is 11.1. The van der Waals surface area contributed by atoms with Crippen molar-refractivity contribution in [2.75, 3.05) is 11.5 Å². The Balaban J connectivity index is 2.25. The van der Waals surface area contributed by atoms with E-state index in [0.29, 0.717) is 0 Å². The molecule has 0 aromatic heterocycles. The first-order chi connectivity index (χ1) is 7.52. The molecule has 0 saturated heterocycles. The summed E-state index contributed by atoms with van der Waals surface area (Å²) in [7, 11) is 0. The molecular formula is C12H16O2S2. The predicted molar refractivity (Wildman–Crippen MR) is 71.3 cm³/mol. The zero-order chi connectivity index (χ0) is 12.0. The normalized spacial score (nSPS) is 11.4. The number of hydrogen-bond acceptors (Lipinski definition) is 3. The van der Waals surface area contributed by atoms with Gasteiger partial charge in [-0.25, -0.2) is 0 Å². The number of benzene rings is 1. The molecule has 0 unspecified atom stereocenters. The minimum Gasteiger partial charge on any atom is -0.480 e. The summed E-state index contributed by atoms with van der Waals surface area (Å²) in [5, 5.41) is 8.93. The Morgan fingerprint density at radius 1 is 1.25 bits per heavy atom. The Morgan fingerprint density at radius 3 is 2.44 bits per heavy atom. The van der Waals surface area contributed by atoms with Crippen LogP contribution in [0.1, 0.15) is 13.8 Å². The summed E-state index contributed by atoms with van der Waals surface area (Å²) in [5.41, 5.74) is 0. The highest BCUT2D eigenvalue weighted by molar-refractivity contribution is 8.04. The van der Waals surface area contributed by atoms with Gasteiger partial charge in [0.25, 0.3) is 0 Å². The van der Waals surface area contributed by atoms with Gasteiger partial charge in [-0.15, -0.1) is 23.5 Å². The largest absolute Gasteiger partial charge is 0.480 e. The number of hydrogen-bond donors (Lipinski definition) is 1. The Kier molecular flexibility index (Phi) is 5.22. The van der Waals surface area contributed by atoms with Crippen molar-refractivity contribution in [3.05, 3.63) is 30.3 Å². The summed E-state index contributed by atoms with van der Waals surface area (Å²) in [4.78, 5) is 12.1. The van der Waals surface area contributed by atoms with E-state index in [1.165, 1.54) is 16.7 Å². The summed E-state index contributed by atoms with van der Waals surface area (Å²) in [6, 6.07) is 10.1. The third-order valence-corrected chi connectivity index (χ3v) is 4.65. The predicted octanol–water partition coefficient (Wildman–Crippen LogP) is 3.38. The Labute approximate surface area is 105 Å². The van der Waals surface area contributed by atoms with E-state index in [4.69, 9.17) is 5.11 Å². The van der Waals surface area contributed by atoms with Crippen LogP contribution in [0.2, 0.25) is 0 Å². The van der Waals surface area contributed by atoms with Crippen molar-refractivity contribution in [3.63, 3.8) is 0 Å². The van der Waals surface area contributed by atoms with Gasteiger partial charge in [-0.2, -0.15) is 0 Å². The quantitative estimate of drug-likeness (QED) is 0.625. The van der Waals surface area contributed by atoms with Gasteiger partial charge in [0.2, 0.25) is 0 Å². The molecule has 0 aliphatic rings. The molecule has 0 amide bonds. The highest BCUT2D eigenvalue weighted by Crippen LogP contribution is 2.27. The van der Waals surface area contributed by atoms with Gasteiger partial charge in [-0.1, -0.05) is 18.2 Å². The van der Waals surface area contributed by atoms with Crippen molar-refractivity contribution in [1.82, 2.24) is 0 Å². The van der Waals surface area contributed by atoms with Crippen LogP contribution in [0, 0.1) is 0 Å². The van der Waals surface area contributed by atoms with Crippen molar-refractivity contribution >= 4 is 29.5 Å². The van der Waals surface area contributed by atoms with E-state index in [1.807, 2.05) is 18.2 Å². The van der Waals surface area contributed by atoms with Crippen LogP contribution in [0.15, 0.2) is 35.2 Å². The first kappa shape index (κ1) is 13.5. The second kappa shape index (κ2) is 6.21. The molecule has 4 heteroatoms. The molecule has 0 bridgehead atoms. The van der Waals surface area contributed by atoms with E-state index >= 15 is 0 Å². The van der Waals surface area contributed by atoms with Crippen LogP contribution in [0.25, 0.3) is 0 Å². The van der Waals surface area contributed by atoms with Gasteiger partial charge in [0.1, 0.15) is 4.75 Å². The molecule has 1 N–H and O–H groups in total. The van der Waals surface area contributed by atoms with Gasteiger partial charge in [0.15, 0.2) is 0 Å². The number of carbonyl (C=O) groups is 1. The highest BCUT2D eigenvalue weighted by atomic mass is 32.2. The van der Waals surface area contributed by atoms with Crippen LogP contribution < -0.4 is 0 Å². The fourth-order valence-corrected chi connectivity index (χ4v) is 2.92. The second-order valence-corrected chi connectivity index (χ2v) is 6.71. The smallest absolute Gasteiger partial charge is 0.319 e. The van der Waals surface area contributed by atoms with Crippen LogP contribution in [-0.2, 0) is 4.79 Å². The summed E-state index contributed by atoms with van der Waals surface area (Å²) in [6.45, 7) is 3.49.